The maximum Gasteiger partial charge on any atom is 0.261 e. The van der Waals surface area contributed by atoms with Gasteiger partial charge in [-0.05, 0) is 42.0 Å². The summed E-state index contributed by atoms with van der Waals surface area (Å²) in [6.45, 7) is 0. The van der Waals surface area contributed by atoms with Crippen LogP contribution < -0.4 is 10.0 Å². The maximum atomic E-state index is 14.1. The second-order valence-corrected chi connectivity index (χ2v) is 10.5. The lowest BCUT2D eigenvalue weighted by molar-refractivity contribution is -0.115. The first-order valence-electron chi connectivity index (χ1n) is 10.7. The Morgan fingerprint density at radius 2 is 1.30 bits per heavy atom. The van der Waals surface area contributed by atoms with Crippen LogP contribution in [-0.4, -0.2) is 14.3 Å². The molecule has 0 heterocycles. The smallest absolute Gasteiger partial charge is 0.261 e. The van der Waals surface area contributed by atoms with Gasteiger partial charge in [-0.25, -0.2) is 26.0 Å². The van der Waals surface area contributed by atoms with Gasteiger partial charge in [0.1, 0.15) is 10.9 Å². The van der Waals surface area contributed by atoms with E-state index in [-0.39, 0.29) is 16.6 Å². The number of amides is 1. The predicted molar refractivity (Wildman–Crippen MR) is 134 cm³/mol. The number of hydrogen-bond acceptors (Lipinski definition) is 4. The average Bonchev–Trinajstić information content (AvgIpc) is 2.90. The van der Waals surface area contributed by atoms with Crippen LogP contribution in [0.5, 0.6) is 0 Å². The fourth-order valence-electron chi connectivity index (χ4n) is 3.32. The first-order valence-corrected chi connectivity index (χ1v) is 13.1. The van der Waals surface area contributed by atoms with Crippen molar-refractivity contribution in [2.75, 3.05) is 10.0 Å². The van der Waals surface area contributed by atoms with E-state index >= 15 is 0 Å². The number of nitrogens with one attached hydrogen (secondary N) is 2. The summed E-state index contributed by atoms with van der Waals surface area (Å²) in [7, 11) is -3.81. The summed E-state index contributed by atoms with van der Waals surface area (Å²) in [5.41, 5.74) is -0.500. The lowest BCUT2D eigenvalue weighted by atomic mass is 10.1. The Labute approximate surface area is 214 Å². The zero-order valence-electron chi connectivity index (χ0n) is 18.8. The second-order valence-electron chi connectivity index (χ2n) is 7.68. The third-order valence-electron chi connectivity index (χ3n) is 5.11. The summed E-state index contributed by atoms with van der Waals surface area (Å²) in [5, 5.41) is 0.887. The largest absolute Gasteiger partial charge is 0.320 e. The van der Waals surface area contributed by atoms with E-state index in [4.69, 9.17) is 0 Å². The van der Waals surface area contributed by atoms with Gasteiger partial charge in [-0.15, -0.1) is 11.8 Å². The number of rotatable bonds is 8. The molecular formula is C26H18F4N2O3S2. The van der Waals surface area contributed by atoms with Gasteiger partial charge in [-0.3, -0.25) is 9.52 Å². The first-order chi connectivity index (χ1) is 17.7. The summed E-state index contributed by atoms with van der Waals surface area (Å²) in [4.78, 5) is 13.7. The van der Waals surface area contributed by atoms with Crippen LogP contribution in [0.3, 0.4) is 0 Å². The van der Waals surface area contributed by atoms with Crippen LogP contribution in [0.25, 0.3) is 0 Å². The Hall–Kier alpha value is -3.83. The SMILES string of the molecule is O=C(Nc1c(F)c(F)cc(F)c1F)C(Sc1ccc(NS(=O)(=O)c2ccccc2)cc1)c1ccccc1. The Morgan fingerprint density at radius 3 is 1.86 bits per heavy atom. The standard InChI is InChI=1S/C26H18F4N2O3S2/c27-20-15-21(28)23(30)24(22(20)29)31-26(33)25(16-7-3-1-4-8-16)36-18-13-11-17(12-14-18)32-37(34,35)19-9-5-2-6-10-19/h1-15,25,32H,(H,31,33). The average molecular weight is 547 g/mol. The fraction of sp³-hybridized carbons (Fsp3) is 0.0385. The predicted octanol–water partition coefficient (Wildman–Crippen LogP) is 6.52. The molecule has 5 nitrogen and oxygen atoms in total. The molecule has 4 rings (SSSR count). The van der Waals surface area contributed by atoms with Gasteiger partial charge in [0.2, 0.25) is 5.91 Å². The summed E-state index contributed by atoms with van der Waals surface area (Å²) in [6, 6.07) is 22.2. The molecule has 2 N–H and O–H groups in total. The van der Waals surface area contributed by atoms with E-state index in [9.17, 15) is 30.8 Å². The second kappa shape index (κ2) is 11.1. The zero-order chi connectivity index (χ0) is 26.6. The van der Waals surface area contributed by atoms with Crippen LogP contribution in [0.2, 0.25) is 0 Å². The van der Waals surface area contributed by atoms with Gasteiger partial charge in [0, 0.05) is 16.6 Å². The van der Waals surface area contributed by atoms with Crippen molar-refractivity contribution < 1.29 is 30.8 Å². The third-order valence-corrected chi connectivity index (χ3v) is 7.78. The molecule has 0 aromatic heterocycles. The lowest BCUT2D eigenvalue weighted by Gasteiger charge is -2.18. The Balaban J connectivity index is 1.57. The number of anilines is 2. The third kappa shape index (κ3) is 6.12. The van der Waals surface area contributed by atoms with Gasteiger partial charge in [0.25, 0.3) is 10.0 Å². The Kier molecular flexibility index (Phi) is 7.84. The van der Waals surface area contributed by atoms with E-state index in [1.165, 1.54) is 24.3 Å². The molecule has 1 unspecified atom stereocenters. The number of hydrogen-bond donors (Lipinski definition) is 2. The summed E-state index contributed by atoms with van der Waals surface area (Å²) in [6.07, 6.45) is 0. The van der Waals surface area contributed by atoms with Gasteiger partial charge in [-0.2, -0.15) is 0 Å². The van der Waals surface area contributed by atoms with Crippen molar-refractivity contribution in [3.63, 3.8) is 0 Å². The number of thioether (sulfide) groups is 1. The zero-order valence-corrected chi connectivity index (χ0v) is 20.4. The number of sulfonamides is 1. The highest BCUT2D eigenvalue weighted by molar-refractivity contribution is 8.00. The minimum Gasteiger partial charge on any atom is -0.320 e. The highest BCUT2D eigenvalue weighted by Crippen LogP contribution is 2.37. The van der Waals surface area contributed by atoms with Crippen molar-refractivity contribution in [1.82, 2.24) is 0 Å². The van der Waals surface area contributed by atoms with E-state index in [0.717, 1.165) is 11.8 Å². The van der Waals surface area contributed by atoms with Gasteiger partial charge >= 0.3 is 0 Å². The minimum absolute atomic E-state index is 0.0529. The van der Waals surface area contributed by atoms with Crippen LogP contribution in [0, 0.1) is 23.3 Å². The molecule has 4 aromatic rings. The van der Waals surface area contributed by atoms with E-state index < -0.39 is 50.1 Å². The molecule has 37 heavy (non-hydrogen) atoms. The Morgan fingerprint density at radius 1 is 0.757 bits per heavy atom. The highest BCUT2D eigenvalue weighted by Gasteiger charge is 2.27. The molecule has 0 spiro atoms. The highest BCUT2D eigenvalue weighted by atomic mass is 32.2. The van der Waals surface area contributed by atoms with Crippen LogP contribution >= 0.6 is 11.8 Å². The molecule has 0 saturated carbocycles. The molecule has 1 amide bonds. The molecular weight excluding hydrogens is 528 g/mol. The van der Waals surface area contributed by atoms with E-state index in [2.05, 4.69) is 4.72 Å². The van der Waals surface area contributed by atoms with Crippen molar-refractivity contribution in [2.24, 2.45) is 0 Å². The molecule has 4 aromatic carbocycles. The van der Waals surface area contributed by atoms with Crippen LogP contribution in [0.15, 0.2) is 101 Å². The van der Waals surface area contributed by atoms with E-state index in [1.807, 2.05) is 5.32 Å². The first kappa shape index (κ1) is 26.2. The van der Waals surface area contributed by atoms with Crippen molar-refractivity contribution in [1.29, 1.82) is 0 Å². The number of benzene rings is 4. The van der Waals surface area contributed by atoms with Gasteiger partial charge < -0.3 is 5.32 Å². The molecule has 0 fully saturated rings. The topological polar surface area (TPSA) is 75.3 Å². The van der Waals surface area contributed by atoms with Gasteiger partial charge in [0.05, 0.1) is 4.90 Å². The lowest BCUT2D eigenvalue weighted by Crippen LogP contribution is -2.21. The Bertz CT molecular complexity index is 1490. The number of carbonyl (C=O) groups is 1. The monoisotopic (exact) mass is 546 g/mol. The molecule has 0 aliphatic rings. The van der Waals surface area contributed by atoms with E-state index in [0.29, 0.717) is 10.5 Å². The number of halogens is 4. The van der Waals surface area contributed by atoms with Crippen LogP contribution in [0.1, 0.15) is 10.8 Å². The summed E-state index contributed by atoms with van der Waals surface area (Å²) < 4.78 is 83.0. The minimum atomic E-state index is -3.81. The molecule has 0 saturated heterocycles. The summed E-state index contributed by atoms with van der Waals surface area (Å²) >= 11 is 0.991. The summed E-state index contributed by atoms with van der Waals surface area (Å²) in [5.74, 6) is -7.66. The van der Waals surface area contributed by atoms with Crippen molar-refractivity contribution in [2.45, 2.75) is 15.0 Å². The molecule has 0 bridgehead atoms. The molecule has 0 aliphatic heterocycles. The van der Waals surface area contributed by atoms with Crippen LogP contribution in [0.4, 0.5) is 28.9 Å². The molecule has 11 heteroatoms. The van der Waals surface area contributed by atoms with Crippen LogP contribution in [-0.2, 0) is 14.8 Å². The fourth-order valence-corrected chi connectivity index (χ4v) is 5.43. The molecule has 190 valence electrons. The normalized spacial score (nSPS) is 12.1. The van der Waals surface area contributed by atoms with Gasteiger partial charge in [0.15, 0.2) is 23.3 Å². The molecule has 0 aliphatic carbocycles. The molecule has 1 atom stereocenters. The quantitative estimate of drug-likeness (QED) is 0.150. The van der Waals surface area contributed by atoms with Gasteiger partial charge in [-0.1, -0.05) is 48.5 Å². The van der Waals surface area contributed by atoms with E-state index in [1.54, 1.807) is 60.7 Å². The van der Waals surface area contributed by atoms with Crippen molar-refractivity contribution in [3.05, 3.63) is 120 Å². The molecule has 0 radical (unpaired) electrons. The number of carbonyl (C=O) groups excluding carboxylic acids is 1. The maximum absolute atomic E-state index is 14.1. The van der Waals surface area contributed by atoms with Crippen molar-refractivity contribution in [3.8, 4) is 0 Å². The van der Waals surface area contributed by atoms with Crippen molar-refractivity contribution >= 4 is 39.1 Å².